The Bertz CT molecular complexity index is 492. The predicted molar refractivity (Wildman–Crippen MR) is 83.4 cm³/mol. The lowest BCUT2D eigenvalue weighted by atomic mass is 10.0. The van der Waals surface area contributed by atoms with Crippen molar-refractivity contribution in [1.82, 2.24) is 0 Å². The first-order valence-corrected chi connectivity index (χ1v) is 8.50. The Hall–Kier alpha value is -1.55. The first-order chi connectivity index (χ1) is 9.47. The van der Waals surface area contributed by atoms with Crippen LogP contribution in [-0.2, 0) is 25.2 Å². The average Bonchev–Trinajstić information content (AvgIpc) is 2.38. The molecule has 0 amide bonds. The number of ether oxygens (including phenoxy) is 1. The molecule has 1 rings (SSSR count). The molecule has 0 spiro atoms. The maximum absolute atomic E-state index is 12.2. The van der Waals surface area contributed by atoms with Gasteiger partial charge in [0.05, 0.1) is 24.9 Å². The van der Waals surface area contributed by atoms with Crippen molar-refractivity contribution in [3.05, 3.63) is 42.0 Å². The lowest BCUT2D eigenvalue weighted by molar-refractivity contribution is -0.141. The van der Waals surface area contributed by atoms with Gasteiger partial charge < -0.3 is 9.53 Å². The van der Waals surface area contributed by atoms with Gasteiger partial charge in [-0.15, -0.1) is 17.7 Å². The standard InChI is InChI=1S/C16H20O3S/c1-5-19-16(18)15(20(3)4)14(11-12(2)17)13-9-7-6-8-10-13/h6-10,15H,5H2,1-4H3. The highest BCUT2D eigenvalue weighted by Gasteiger charge is 2.31. The summed E-state index contributed by atoms with van der Waals surface area (Å²) in [6.07, 6.45) is 6.73. The number of ketones is 1. The van der Waals surface area contributed by atoms with Crippen molar-refractivity contribution >= 4 is 28.2 Å². The monoisotopic (exact) mass is 292 g/mol. The van der Waals surface area contributed by atoms with E-state index in [1.165, 1.54) is 6.92 Å². The van der Waals surface area contributed by atoms with Gasteiger partial charge in [-0.3, -0.25) is 0 Å². The zero-order chi connectivity index (χ0) is 15.1. The molecule has 0 aliphatic rings. The van der Waals surface area contributed by atoms with Gasteiger partial charge in [-0.1, -0.05) is 18.2 Å². The van der Waals surface area contributed by atoms with E-state index in [9.17, 15) is 9.59 Å². The Kier molecular flexibility index (Phi) is 6.52. The lowest BCUT2D eigenvalue weighted by Gasteiger charge is -2.23. The molecule has 1 atom stereocenters. The highest BCUT2D eigenvalue weighted by Crippen LogP contribution is 2.24. The number of Topliss-reactive ketones (excluding diaryl/α,β-unsaturated/α-hetero) is 1. The lowest BCUT2D eigenvalue weighted by Crippen LogP contribution is -2.32. The van der Waals surface area contributed by atoms with Gasteiger partial charge in [-0.05, 0) is 24.7 Å². The zero-order valence-corrected chi connectivity index (χ0v) is 13.1. The largest absolute Gasteiger partial charge is 0.462 e. The van der Waals surface area contributed by atoms with Gasteiger partial charge in [-0.2, -0.15) is 11.6 Å². The van der Waals surface area contributed by atoms with Crippen molar-refractivity contribution in [3.63, 3.8) is 0 Å². The van der Waals surface area contributed by atoms with Crippen LogP contribution in [0.3, 0.4) is 0 Å². The van der Waals surface area contributed by atoms with Crippen LogP contribution >= 0.6 is 0 Å². The molecule has 0 heterocycles. The predicted octanol–water partition coefficient (Wildman–Crippen LogP) is 2.27. The van der Waals surface area contributed by atoms with Gasteiger partial charge in [0.25, 0.3) is 0 Å². The number of esters is 1. The van der Waals surface area contributed by atoms with Crippen LogP contribution in [0.4, 0.5) is 0 Å². The van der Waals surface area contributed by atoms with Crippen molar-refractivity contribution < 1.29 is 14.3 Å². The quantitative estimate of drug-likeness (QED) is 0.350. The van der Waals surface area contributed by atoms with Gasteiger partial charge in [0.2, 0.25) is 5.25 Å². The minimum Gasteiger partial charge on any atom is -0.462 e. The summed E-state index contributed by atoms with van der Waals surface area (Å²) in [5.74, 6) is -0.489. The van der Waals surface area contributed by atoms with Crippen molar-refractivity contribution in [3.8, 4) is 0 Å². The average molecular weight is 292 g/mol. The van der Waals surface area contributed by atoms with Gasteiger partial charge >= 0.3 is 5.97 Å². The second kappa shape index (κ2) is 7.90. The van der Waals surface area contributed by atoms with E-state index in [0.717, 1.165) is 5.56 Å². The maximum atomic E-state index is 12.2. The fraction of sp³-hybridized carbons (Fsp3) is 0.375. The van der Waals surface area contributed by atoms with Crippen LogP contribution in [-0.4, -0.2) is 36.1 Å². The molecule has 0 bridgehead atoms. The maximum Gasteiger partial charge on any atom is 0.361 e. The van der Waals surface area contributed by atoms with E-state index in [1.54, 1.807) is 6.92 Å². The Balaban J connectivity index is 3.27. The molecule has 0 fully saturated rings. The van der Waals surface area contributed by atoms with Crippen molar-refractivity contribution in [2.24, 2.45) is 0 Å². The molecule has 108 valence electrons. The molecule has 0 aliphatic carbocycles. The van der Waals surface area contributed by atoms with Crippen LogP contribution in [0.15, 0.2) is 30.3 Å². The summed E-state index contributed by atoms with van der Waals surface area (Å²) in [4.78, 5) is 23.6. The van der Waals surface area contributed by atoms with Gasteiger partial charge in [0.15, 0.2) is 0 Å². The van der Waals surface area contributed by atoms with E-state index in [2.05, 4.69) is 6.08 Å². The van der Waals surface area contributed by atoms with E-state index >= 15 is 0 Å². The first-order valence-electron chi connectivity index (χ1n) is 6.40. The summed E-state index contributed by atoms with van der Waals surface area (Å²) < 4.78 is 5.15. The second-order valence-corrected chi connectivity index (χ2v) is 6.70. The Morgan fingerprint density at radius 2 is 1.85 bits per heavy atom. The number of carbonyl (C=O) groups excluding carboxylic acids is 2. The Labute approximate surface area is 123 Å². The molecule has 3 nitrogen and oxygen atoms in total. The molecule has 20 heavy (non-hydrogen) atoms. The summed E-state index contributed by atoms with van der Waals surface area (Å²) in [5.41, 5.74) is 1.45. The highest BCUT2D eigenvalue weighted by atomic mass is 32.2. The summed E-state index contributed by atoms with van der Waals surface area (Å²) in [6, 6.07) is 9.41. The SMILES string of the molecule is CCOC(=O)C(C(=[C-]C(C)=O)c1ccccc1)[S+](C)C. The fourth-order valence-electron chi connectivity index (χ4n) is 1.86. The zero-order valence-electron chi connectivity index (χ0n) is 12.3. The van der Waals surface area contributed by atoms with Crippen molar-refractivity contribution in [2.45, 2.75) is 19.1 Å². The Morgan fingerprint density at radius 3 is 2.30 bits per heavy atom. The number of allylic oxidation sites excluding steroid dienone is 1. The fourth-order valence-corrected chi connectivity index (χ4v) is 2.98. The van der Waals surface area contributed by atoms with Gasteiger partial charge in [-0.25, -0.2) is 4.79 Å². The van der Waals surface area contributed by atoms with E-state index in [1.807, 2.05) is 42.8 Å². The molecule has 1 unspecified atom stereocenters. The number of hydrogen-bond acceptors (Lipinski definition) is 3. The normalized spacial score (nSPS) is 13.2. The smallest absolute Gasteiger partial charge is 0.361 e. The Morgan fingerprint density at radius 1 is 1.25 bits per heavy atom. The molecular formula is C16H20O3S. The van der Waals surface area contributed by atoms with E-state index in [4.69, 9.17) is 4.74 Å². The molecule has 0 saturated heterocycles. The molecule has 0 radical (unpaired) electrons. The van der Waals surface area contributed by atoms with Crippen molar-refractivity contribution in [2.75, 3.05) is 19.1 Å². The molecule has 1 aromatic carbocycles. The molecule has 1 aromatic rings. The van der Waals surface area contributed by atoms with Crippen molar-refractivity contribution in [1.29, 1.82) is 0 Å². The molecule has 4 heteroatoms. The molecule has 0 saturated carbocycles. The van der Waals surface area contributed by atoms with E-state index in [-0.39, 0.29) is 22.6 Å². The van der Waals surface area contributed by atoms with Gasteiger partial charge in [0, 0.05) is 0 Å². The molecule has 0 N–H and O–H groups in total. The summed E-state index contributed by atoms with van der Waals surface area (Å²) >= 11 is 0. The van der Waals surface area contributed by atoms with Crippen LogP contribution in [0.25, 0.3) is 5.57 Å². The second-order valence-electron chi connectivity index (χ2n) is 4.47. The molecule has 0 aliphatic heterocycles. The number of rotatable bonds is 6. The third kappa shape index (κ3) is 4.53. The number of carbonyl (C=O) groups is 2. The number of hydrogen-bond donors (Lipinski definition) is 0. The minimum absolute atomic E-state index is 0.191. The molecular weight excluding hydrogens is 272 g/mol. The van der Waals surface area contributed by atoms with Crippen LogP contribution in [0.1, 0.15) is 19.4 Å². The summed E-state index contributed by atoms with van der Waals surface area (Å²) in [5, 5.41) is -0.457. The first kappa shape index (κ1) is 16.5. The van der Waals surface area contributed by atoms with Crippen LogP contribution in [0.5, 0.6) is 0 Å². The summed E-state index contributed by atoms with van der Waals surface area (Å²) in [6.45, 7) is 3.54. The van der Waals surface area contributed by atoms with E-state index in [0.29, 0.717) is 12.2 Å². The molecule has 0 aromatic heterocycles. The third-order valence-electron chi connectivity index (χ3n) is 2.63. The third-order valence-corrected chi connectivity index (χ3v) is 4.00. The van der Waals surface area contributed by atoms with Crippen LogP contribution < -0.4 is 0 Å². The number of benzene rings is 1. The van der Waals surface area contributed by atoms with E-state index < -0.39 is 5.25 Å². The highest BCUT2D eigenvalue weighted by molar-refractivity contribution is 7.97. The van der Waals surface area contributed by atoms with Gasteiger partial charge in [0.1, 0.15) is 0 Å². The van der Waals surface area contributed by atoms with Crippen LogP contribution in [0.2, 0.25) is 0 Å². The summed E-state index contributed by atoms with van der Waals surface area (Å²) in [7, 11) is -0.258. The minimum atomic E-state index is -0.457. The topological polar surface area (TPSA) is 43.4 Å². The van der Waals surface area contributed by atoms with Crippen LogP contribution in [0, 0.1) is 6.08 Å².